The van der Waals surface area contributed by atoms with Crippen molar-refractivity contribution >= 4 is 5.91 Å². The first kappa shape index (κ1) is 15.8. The van der Waals surface area contributed by atoms with Crippen LogP contribution in [0.3, 0.4) is 0 Å². The number of hydrogen-bond acceptors (Lipinski definition) is 2. The van der Waals surface area contributed by atoms with E-state index < -0.39 is 0 Å². The molecule has 0 aliphatic rings. The van der Waals surface area contributed by atoms with Gasteiger partial charge in [-0.1, -0.05) is 36.3 Å². The molecule has 22 heavy (non-hydrogen) atoms. The summed E-state index contributed by atoms with van der Waals surface area (Å²) in [6.07, 6.45) is 3.79. The van der Waals surface area contributed by atoms with Crippen LogP contribution in [0.1, 0.15) is 31.9 Å². The van der Waals surface area contributed by atoms with Crippen LogP contribution >= 0.6 is 0 Å². The first-order valence-corrected chi connectivity index (χ1v) is 7.38. The molecule has 0 radical (unpaired) electrons. The zero-order chi connectivity index (χ0) is 15.9. The van der Waals surface area contributed by atoms with E-state index in [0.29, 0.717) is 6.54 Å². The summed E-state index contributed by atoms with van der Waals surface area (Å²) < 4.78 is 1.89. The molecule has 4 nitrogen and oxygen atoms in total. The molecule has 0 spiro atoms. The van der Waals surface area contributed by atoms with Crippen molar-refractivity contribution < 1.29 is 4.79 Å². The third kappa shape index (κ3) is 4.23. The van der Waals surface area contributed by atoms with Gasteiger partial charge in [0.25, 0.3) is 5.91 Å². The monoisotopic (exact) mass is 295 g/mol. The van der Waals surface area contributed by atoms with E-state index in [0.717, 1.165) is 12.1 Å². The van der Waals surface area contributed by atoms with Crippen LogP contribution in [-0.2, 0) is 17.9 Å². The summed E-state index contributed by atoms with van der Waals surface area (Å²) in [4.78, 5) is 13.8. The first-order chi connectivity index (χ1) is 10.6. The van der Waals surface area contributed by atoms with Gasteiger partial charge in [-0.3, -0.25) is 9.48 Å². The predicted octanol–water partition coefficient (Wildman–Crippen LogP) is 2.69. The Balaban J connectivity index is 2.06. The Hall–Kier alpha value is -2.54. The number of benzene rings is 1. The Labute approximate surface area is 131 Å². The number of amides is 1. The van der Waals surface area contributed by atoms with Crippen LogP contribution in [-0.4, -0.2) is 26.6 Å². The molecule has 0 aliphatic carbocycles. The van der Waals surface area contributed by atoms with Gasteiger partial charge in [-0.25, -0.2) is 0 Å². The second kappa shape index (κ2) is 7.46. The Kier molecular flexibility index (Phi) is 5.37. The topological polar surface area (TPSA) is 38.1 Å². The summed E-state index contributed by atoms with van der Waals surface area (Å²) in [6, 6.07) is 10.3. The highest BCUT2D eigenvalue weighted by Gasteiger charge is 2.16. The van der Waals surface area contributed by atoms with E-state index in [1.165, 1.54) is 5.56 Å². The molecule has 0 unspecified atom stereocenters. The number of hydrogen-bond donors (Lipinski definition) is 0. The molecular formula is C18H21N3O. The van der Waals surface area contributed by atoms with Crippen LogP contribution in [0, 0.1) is 11.8 Å². The second-order valence-electron chi connectivity index (χ2n) is 5.43. The van der Waals surface area contributed by atoms with Crippen molar-refractivity contribution in [3.63, 3.8) is 0 Å². The lowest BCUT2D eigenvalue weighted by atomic mass is 10.2. The number of carbonyl (C=O) groups excluding carboxylic acids is 1. The van der Waals surface area contributed by atoms with E-state index in [1.807, 2.05) is 49.1 Å². The lowest BCUT2D eigenvalue weighted by Crippen LogP contribution is -2.35. The van der Waals surface area contributed by atoms with Crippen LogP contribution in [0.2, 0.25) is 0 Å². The van der Waals surface area contributed by atoms with Crippen molar-refractivity contribution in [2.75, 3.05) is 0 Å². The number of rotatable bonds is 5. The van der Waals surface area contributed by atoms with Gasteiger partial charge in [-0.2, -0.15) is 5.10 Å². The number of nitrogens with zero attached hydrogens (tertiary/aromatic N) is 3. The highest BCUT2D eigenvalue weighted by Crippen LogP contribution is 2.09. The maximum absolute atomic E-state index is 12.0. The molecule has 0 bridgehead atoms. The molecule has 0 atom stereocenters. The highest BCUT2D eigenvalue weighted by molar-refractivity contribution is 5.93. The lowest BCUT2D eigenvalue weighted by molar-refractivity contribution is -0.127. The maximum Gasteiger partial charge on any atom is 0.298 e. The van der Waals surface area contributed by atoms with Gasteiger partial charge in [0, 0.05) is 24.3 Å². The van der Waals surface area contributed by atoms with Crippen molar-refractivity contribution in [2.45, 2.75) is 39.9 Å². The first-order valence-electron chi connectivity index (χ1n) is 7.38. The Bertz CT molecular complexity index is 677. The third-order valence-electron chi connectivity index (χ3n) is 3.34. The molecule has 1 aromatic heterocycles. The Morgan fingerprint density at radius 3 is 2.64 bits per heavy atom. The van der Waals surface area contributed by atoms with Gasteiger partial charge < -0.3 is 4.90 Å². The summed E-state index contributed by atoms with van der Waals surface area (Å²) in [5, 5.41) is 4.37. The average molecular weight is 295 g/mol. The van der Waals surface area contributed by atoms with Crippen LogP contribution in [0.4, 0.5) is 0 Å². The predicted molar refractivity (Wildman–Crippen MR) is 86.9 cm³/mol. The quantitative estimate of drug-likeness (QED) is 0.795. The molecular weight excluding hydrogens is 274 g/mol. The molecule has 114 valence electrons. The van der Waals surface area contributed by atoms with E-state index in [9.17, 15) is 4.79 Å². The van der Waals surface area contributed by atoms with E-state index in [1.54, 1.807) is 11.8 Å². The average Bonchev–Trinajstić information content (AvgIpc) is 2.93. The summed E-state index contributed by atoms with van der Waals surface area (Å²) in [5.41, 5.74) is 2.21. The highest BCUT2D eigenvalue weighted by atomic mass is 16.2. The normalized spacial score (nSPS) is 10.2. The van der Waals surface area contributed by atoms with Gasteiger partial charge >= 0.3 is 0 Å². The van der Waals surface area contributed by atoms with Crippen molar-refractivity contribution in [1.29, 1.82) is 0 Å². The molecule has 0 saturated heterocycles. The van der Waals surface area contributed by atoms with Gasteiger partial charge in [0.05, 0.1) is 12.7 Å². The van der Waals surface area contributed by atoms with Crippen LogP contribution < -0.4 is 0 Å². The van der Waals surface area contributed by atoms with Gasteiger partial charge in [0.2, 0.25) is 0 Å². The van der Waals surface area contributed by atoms with Gasteiger partial charge in [0.1, 0.15) is 0 Å². The van der Waals surface area contributed by atoms with Crippen molar-refractivity contribution in [3.05, 3.63) is 53.9 Å². The van der Waals surface area contributed by atoms with E-state index >= 15 is 0 Å². The van der Waals surface area contributed by atoms with Gasteiger partial charge in [-0.15, -0.1) is 0 Å². The van der Waals surface area contributed by atoms with Gasteiger partial charge in [-0.05, 0) is 32.3 Å². The molecule has 0 saturated carbocycles. The van der Waals surface area contributed by atoms with E-state index in [-0.39, 0.29) is 11.9 Å². The fourth-order valence-electron chi connectivity index (χ4n) is 2.21. The fraction of sp³-hybridized carbons (Fsp3) is 0.333. The molecule has 0 fully saturated rings. The van der Waals surface area contributed by atoms with E-state index in [4.69, 9.17) is 0 Å². The van der Waals surface area contributed by atoms with Crippen LogP contribution in [0.5, 0.6) is 0 Å². The van der Waals surface area contributed by atoms with Gasteiger partial charge in [0.15, 0.2) is 0 Å². The fourth-order valence-corrected chi connectivity index (χ4v) is 2.21. The lowest BCUT2D eigenvalue weighted by Gasteiger charge is -2.23. The second-order valence-corrected chi connectivity index (χ2v) is 5.43. The zero-order valence-corrected chi connectivity index (χ0v) is 13.3. The van der Waals surface area contributed by atoms with Crippen LogP contribution in [0.25, 0.3) is 0 Å². The molecule has 1 heterocycles. The molecule has 0 N–H and O–H groups in total. The molecule has 1 aromatic carbocycles. The van der Waals surface area contributed by atoms with E-state index in [2.05, 4.69) is 29.1 Å². The van der Waals surface area contributed by atoms with Crippen LogP contribution in [0.15, 0.2) is 42.7 Å². The summed E-state index contributed by atoms with van der Waals surface area (Å²) in [5.74, 6) is 5.12. The minimum atomic E-state index is -0.145. The molecule has 2 rings (SSSR count). The number of aromatic nitrogens is 2. The molecule has 2 aromatic rings. The molecule has 4 heteroatoms. The smallest absolute Gasteiger partial charge is 0.298 e. The molecule has 1 amide bonds. The minimum Gasteiger partial charge on any atom is -0.325 e. The largest absolute Gasteiger partial charge is 0.325 e. The third-order valence-corrected chi connectivity index (χ3v) is 3.34. The summed E-state index contributed by atoms with van der Waals surface area (Å²) >= 11 is 0. The number of carbonyl (C=O) groups is 1. The Morgan fingerprint density at radius 1 is 1.27 bits per heavy atom. The summed E-state index contributed by atoms with van der Waals surface area (Å²) in [7, 11) is 0. The summed E-state index contributed by atoms with van der Waals surface area (Å²) in [6.45, 7) is 6.91. The minimum absolute atomic E-state index is 0.103. The molecule has 0 aliphatic heterocycles. The van der Waals surface area contributed by atoms with Crippen molar-refractivity contribution in [2.24, 2.45) is 0 Å². The SMILES string of the molecule is CC#CC(=O)N(Cc1cnn(Cc2ccccc2)c1)C(C)C. The van der Waals surface area contributed by atoms with Crippen molar-refractivity contribution in [3.8, 4) is 11.8 Å². The standard InChI is InChI=1S/C18H21N3O/c1-4-8-18(22)21(15(2)3)14-17-11-19-20(13-17)12-16-9-6-5-7-10-16/h5-7,9-11,13,15H,12,14H2,1-3H3. The van der Waals surface area contributed by atoms with Crippen molar-refractivity contribution in [1.82, 2.24) is 14.7 Å². The maximum atomic E-state index is 12.0. The zero-order valence-electron chi connectivity index (χ0n) is 13.3. The Morgan fingerprint density at radius 2 is 2.00 bits per heavy atom.